The first-order valence-electron chi connectivity index (χ1n) is 5.44. The van der Waals surface area contributed by atoms with Crippen molar-refractivity contribution in [1.29, 1.82) is 0 Å². The molecule has 3 nitrogen and oxygen atoms in total. The van der Waals surface area contributed by atoms with Gasteiger partial charge in [0.15, 0.2) is 0 Å². The van der Waals surface area contributed by atoms with Crippen molar-refractivity contribution in [2.75, 3.05) is 0 Å². The van der Waals surface area contributed by atoms with E-state index in [0.717, 1.165) is 22.0 Å². The molecule has 0 fully saturated rings. The number of furan rings is 1. The molecule has 2 aromatic rings. The molecule has 17 heavy (non-hydrogen) atoms. The molecular formula is C13H15BrN2O. The highest BCUT2D eigenvalue weighted by atomic mass is 79.9. The van der Waals surface area contributed by atoms with E-state index >= 15 is 0 Å². The van der Waals surface area contributed by atoms with Crippen LogP contribution in [0.2, 0.25) is 0 Å². The quantitative estimate of drug-likeness (QED) is 0.673. The molecular weight excluding hydrogens is 280 g/mol. The molecule has 1 atom stereocenters. The van der Waals surface area contributed by atoms with Crippen molar-refractivity contribution in [3.05, 3.63) is 58.0 Å². The Bertz CT molecular complexity index is 482. The average Bonchev–Trinajstić information content (AvgIpc) is 2.79. The van der Waals surface area contributed by atoms with Crippen LogP contribution in [0.1, 0.15) is 22.7 Å². The van der Waals surface area contributed by atoms with E-state index in [4.69, 9.17) is 10.3 Å². The van der Waals surface area contributed by atoms with Crippen molar-refractivity contribution < 1.29 is 4.42 Å². The molecule has 3 N–H and O–H groups in total. The molecule has 0 saturated carbocycles. The summed E-state index contributed by atoms with van der Waals surface area (Å²) in [7, 11) is 0. The van der Waals surface area contributed by atoms with E-state index < -0.39 is 0 Å². The van der Waals surface area contributed by atoms with Gasteiger partial charge in [-0.1, -0.05) is 28.1 Å². The maximum Gasteiger partial charge on any atom is 0.0935 e. The number of nitrogens with one attached hydrogen (secondary N) is 1. The van der Waals surface area contributed by atoms with Crippen molar-refractivity contribution in [1.82, 2.24) is 5.43 Å². The third-order valence-corrected chi connectivity index (χ3v) is 3.44. The fourth-order valence-corrected chi connectivity index (χ4v) is 2.59. The van der Waals surface area contributed by atoms with E-state index in [-0.39, 0.29) is 6.04 Å². The molecule has 0 amide bonds. The number of nitrogens with two attached hydrogens (primary N) is 1. The van der Waals surface area contributed by atoms with Gasteiger partial charge in [-0.05, 0) is 42.2 Å². The first-order chi connectivity index (χ1) is 8.20. The Balaban J connectivity index is 2.23. The number of hydrogen-bond acceptors (Lipinski definition) is 3. The van der Waals surface area contributed by atoms with Gasteiger partial charge in [-0.15, -0.1) is 0 Å². The molecule has 0 aliphatic carbocycles. The number of benzene rings is 1. The molecule has 0 aliphatic rings. The van der Waals surface area contributed by atoms with Crippen LogP contribution in [0, 0.1) is 6.92 Å². The second kappa shape index (κ2) is 5.49. The Hall–Kier alpha value is -1.10. The van der Waals surface area contributed by atoms with Gasteiger partial charge in [-0.2, -0.15) is 0 Å². The van der Waals surface area contributed by atoms with Gasteiger partial charge in [-0.25, -0.2) is 0 Å². The van der Waals surface area contributed by atoms with Gasteiger partial charge in [0.05, 0.1) is 18.6 Å². The topological polar surface area (TPSA) is 51.2 Å². The van der Waals surface area contributed by atoms with Crippen LogP contribution in [0.5, 0.6) is 0 Å². The lowest BCUT2D eigenvalue weighted by Gasteiger charge is -2.17. The maximum atomic E-state index is 5.63. The Kier molecular flexibility index (Phi) is 3.99. The van der Waals surface area contributed by atoms with Crippen LogP contribution in [0.25, 0.3) is 0 Å². The Labute approximate surface area is 109 Å². The molecule has 4 heteroatoms. The normalized spacial score (nSPS) is 12.6. The zero-order chi connectivity index (χ0) is 12.3. The third-order valence-electron chi connectivity index (χ3n) is 2.75. The lowest BCUT2D eigenvalue weighted by atomic mass is 10.00. The number of halogens is 1. The Morgan fingerprint density at radius 1 is 1.41 bits per heavy atom. The van der Waals surface area contributed by atoms with Gasteiger partial charge in [0.1, 0.15) is 0 Å². The summed E-state index contributed by atoms with van der Waals surface area (Å²) in [5.41, 5.74) is 6.34. The Morgan fingerprint density at radius 2 is 2.24 bits per heavy atom. The first kappa shape index (κ1) is 12.4. The number of hydrazine groups is 1. The van der Waals surface area contributed by atoms with Crippen LogP contribution in [0.15, 0.2) is 45.7 Å². The van der Waals surface area contributed by atoms with Crippen LogP contribution >= 0.6 is 15.9 Å². The van der Waals surface area contributed by atoms with Crippen LogP contribution in [-0.2, 0) is 6.42 Å². The summed E-state index contributed by atoms with van der Waals surface area (Å²) in [4.78, 5) is 0. The first-order valence-corrected chi connectivity index (χ1v) is 6.23. The number of rotatable bonds is 4. The molecule has 0 saturated heterocycles. The zero-order valence-electron chi connectivity index (χ0n) is 9.61. The number of aryl methyl sites for hydroxylation is 1. The van der Waals surface area contributed by atoms with Gasteiger partial charge in [0.2, 0.25) is 0 Å². The molecule has 1 unspecified atom stereocenters. The van der Waals surface area contributed by atoms with Crippen LogP contribution < -0.4 is 11.3 Å². The van der Waals surface area contributed by atoms with Gasteiger partial charge >= 0.3 is 0 Å². The smallest absolute Gasteiger partial charge is 0.0935 e. The number of hydrogen-bond donors (Lipinski definition) is 2. The van der Waals surface area contributed by atoms with E-state index in [1.165, 1.54) is 5.56 Å². The highest BCUT2D eigenvalue weighted by Gasteiger charge is 2.14. The highest BCUT2D eigenvalue weighted by molar-refractivity contribution is 9.10. The predicted octanol–water partition coefficient (Wildman–Crippen LogP) is 3.10. The molecule has 1 heterocycles. The van der Waals surface area contributed by atoms with Crippen LogP contribution in [0.4, 0.5) is 0 Å². The summed E-state index contributed by atoms with van der Waals surface area (Å²) in [5, 5.41) is 0. The SMILES string of the molecule is Cc1ccc(C(Cc2ccoc2)NN)c(Br)c1. The molecule has 0 spiro atoms. The van der Waals surface area contributed by atoms with Crippen molar-refractivity contribution in [3.8, 4) is 0 Å². The minimum atomic E-state index is 0.0718. The fourth-order valence-electron chi connectivity index (χ4n) is 1.82. The Morgan fingerprint density at radius 3 is 2.82 bits per heavy atom. The van der Waals surface area contributed by atoms with Crippen LogP contribution in [-0.4, -0.2) is 0 Å². The molecule has 0 aliphatic heterocycles. The van der Waals surface area contributed by atoms with E-state index in [9.17, 15) is 0 Å². The maximum absolute atomic E-state index is 5.63. The van der Waals surface area contributed by atoms with Crippen molar-refractivity contribution >= 4 is 15.9 Å². The molecule has 0 bridgehead atoms. The molecule has 2 rings (SSSR count). The molecule has 1 aromatic carbocycles. The zero-order valence-corrected chi connectivity index (χ0v) is 11.2. The molecule has 90 valence electrons. The largest absolute Gasteiger partial charge is 0.472 e. The average molecular weight is 295 g/mol. The van der Waals surface area contributed by atoms with Gasteiger partial charge in [0.25, 0.3) is 0 Å². The van der Waals surface area contributed by atoms with Crippen molar-refractivity contribution in [2.45, 2.75) is 19.4 Å². The minimum absolute atomic E-state index is 0.0718. The van der Waals surface area contributed by atoms with E-state index in [0.29, 0.717) is 0 Å². The summed E-state index contributed by atoms with van der Waals surface area (Å²) in [5.74, 6) is 5.63. The van der Waals surface area contributed by atoms with Crippen LogP contribution in [0.3, 0.4) is 0 Å². The minimum Gasteiger partial charge on any atom is -0.472 e. The summed E-state index contributed by atoms with van der Waals surface area (Å²) in [6, 6.07) is 8.29. The second-order valence-electron chi connectivity index (χ2n) is 4.08. The fraction of sp³-hybridized carbons (Fsp3) is 0.231. The molecule has 1 aromatic heterocycles. The van der Waals surface area contributed by atoms with E-state index in [1.54, 1.807) is 12.5 Å². The lowest BCUT2D eigenvalue weighted by molar-refractivity contribution is 0.534. The van der Waals surface area contributed by atoms with Gasteiger partial charge in [0, 0.05) is 4.47 Å². The summed E-state index contributed by atoms with van der Waals surface area (Å²) in [6.07, 6.45) is 4.22. The summed E-state index contributed by atoms with van der Waals surface area (Å²) < 4.78 is 6.14. The van der Waals surface area contributed by atoms with Gasteiger partial charge < -0.3 is 4.42 Å². The standard InChI is InChI=1S/C13H15BrN2O/c1-9-2-3-11(12(14)6-9)13(16-15)7-10-4-5-17-8-10/h2-6,8,13,16H,7,15H2,1H3. The van der Waals surface area contributed by atoms with Crippen molar-refractivity contribution in [3.63, 3.8) is 0 Å². The summed E-state index contributed by atoms with van der Waals surface area (Å²) in [6.45, 7) is 2.06. The lowest BCUT2D eigenvalue weighted by Crippen LogP contribution is -2.29. The van der Waals surface area contributed by atoms with E-state index in [2.05, 4.69) is 46.5 Å². The van der Waals surface area contributed by atoms with Crippen molar-refractivity contribution in [2.24, 2.45) is 5.84 Å². The second-order valence-corrected chi connectivity index (χ2v) is 4.93. The monoisotopic (exact) mass is 294 g/mol. The molecule has 0 radical (unpaired) electrons. The summed E-state index contributed by atoms with van der Waals surface area (Å²) >= 11 is 3.57. The van der Waals surface area contributed by atoms with E-state index in [1.807, 2.05) is 6.07 Å². The highest BCUT2D eigenvalue weighted by Crippen LogP contribution is 2.26. The predicted molar refractivity (Wildman–Crippen MR) is 71.4 cm³/mol. The van der Waals surface area contributed by atoms with Gasteiger partial charge in [-0.3, -0.25) is 11.3 Å². The third kappa shape index (κ3) is 2.97.